The van der Waals surface area contributed by atoms with Gasteiger partial charge >= 0.3 is 37.0 Å². The molecule has 20 nitrogen and oxygen atoms in total. The largest absolute Gasteiger partial charge is 0.534 e. The summed E-state index contributed by atoms with van der Waals surface area (Å²) < 4.78 is 136. The molecular formula is C115H142B3Br3F3NO19S6. The van der Waals surface area contributed by atoms with E-state index in [1.54, 1.807) is 79.1 Å². The van der Waals surface area contributed by atoms with Crippen molar-refractivity contribution in [1.29, 1.82) is 5.26 Å². The molecule has 0 unspecified atom stereocenters. The Kier molecular flexibility index (Phi) is 56.2. The lowest BCUT2D eigenvalue weighted by atomic mass is 9.79. The number of nitrogens with zero attached hydrogens (tertiary/aromatic N) is 1. The normalized spacial score (nSPS) is 14.7. The summed E-state index contributed by atoms with van der Waals surface area (Å²) in [6, 6.07) is 80.8. The number of unbranched alkanes of at least 4 members (excludes halogenated alkanes) is 5. The molecule has 0 radical (unpaired) electrons. The fourth-order valence-corrected chi connectivity index (χ4v) is 20.4. The van der Waals surface area contributed by atoms with Gasteiger partial charge in [0.25, 0.3) is 0 Å². The molecule has 2 fully saturated rings. The molecule has 808 valence electrons. The van der Waals surface area contributed by atoms with Gasteiger partial charge < -0.3 is 79.4 Å². The minimum absolute atomic E-state index is 0.0148. The zero-order valence-electron chi connectivity index (χ0n) is 88.3. The van der Waals surface area contributed by atoms with Gasteiger partial charge in [-0.25, -0.2) is 0 Å². The number of hydrogen-bond donors (Lipinski definition) is 4. The van der Waals surface area contributed by atoms with Crippen LogP contribution in [-0.4, -0.2) is 158 Å². The van der Waals surface area contributed by atoms with Gasteiger partial charge in [-0.3, -0.25) is 0 Å². The molecule has 0 bridgehead atoms. The molecule has 0 aromatic heterocycles. The number of carbonyl (C=O) groups excluding carboxylic acids is 1. The van der Waals surface area contributed by atoms with Gasteiger partial charge in [0.1, 0.15) is 42.5 Å². The van der Waals surface area contributed by atoms with E-state index in [9.17, 15) is 26.4 Å². The maximum Gasteiger partial charge on any atom is 0.534 e. The van der Waals surface area contributed by atoms with Crippen LogP contribution in [0.2, 0.25) is 0 Å². The lowest BCUT2D eigenvalue weighted by Gasteiger charge is -2.32. The van der Waals surface area contributed by atoms with E-state index in [1.807, 2.05) is 95.9 Å². The van der Waals surface area contributed by atoms with Gasteiger partial charge in [-0.15, -0.1) is 60.5 Å². The quantitative estimate of drug-likeness (QED) is 0.00320. The molecule has 0 amide bonds. The van der Waals surface area contributed by atoms with Gasteiger partial charge in [-0.2, -0.15) is 26.9 Å². The van der Waals surface area contributed by atoms with E-state index >= 15 is 0 Å². The number of rotatable bonds is 42. The Bertz CT molecular complexity index is 5900. The minimum atomic E-state index is -5.66. The van der Waals surface area contributed by atoms with E-state index in [2.05, 4.69) is 272 Å². The minimum Gasteiger partial charge on any atom is -0.489 e. The molecule has 0 saturated carbocycles. The molecular weight excluding hydrogens is 2220 g/mol. The number of nitriles is 1. The third-order valence-corrected chi connectivity index (χ3v) is 32.0. The van der Waals surface area contributed by atoms with Crippen molar-refractivity contribution in [2.45, 2.75) is 262 Å². The summed E-state index contributed by atoms with van der Waals surface area (Å²) in [4.78, 5) is 16.1. The van der Waals surface area contributed by atoms with Crippen LogP contribution in [0.15, 0.2) is 278 Å². The second-order valence-electron chi connectivity index (χ2n) is 37.3. The lowest BCUT2D eigenvalue weighted by Crippen LogP contribution is -2.41. The van der Waals surface area contributed by atoms with Gasteiger partial charge in [-0.05, 0) is 369 Å². The van der Waals surface area contributed by atoms with Crippen LogP contribution >= 0.6 is 109 Å². The van der Waals surface area contributed by atoms with Crippen molar-refractivity contribution in [2.75, 3.05) is 65.2 Å². The molecule has 10 aromatic rings. The molecule has 3 aliphatic carbocycles. The highest BCUT2D eigenvalue weighted by atomic mass is 79.9. The number of aryl methyl sites for hydroxylation is 3. The topological polar surface area (TPSA) is 245 Å². The molecule has 0 spiro atoms. The Labute approximate surface area is 937 Å². The van der Waals surface area contributed by atoms with Crippen LogP contribution in [0.1, 0.15) is 214 Å². The number of thioether (sulfide) groups is 3. The summed E-state index contributed by atoms with van der Waals surface area (Å²) in [5, 5.41) is 25.7. The first-order chi connectivity index (χ1) is 71.8. The van der Waals surface area contributed by atoms with Gasteiger partial charge in [0, 0.05) is 95.9 Å². The number of carbonyl (C=O) groups is 1. The Morgan fingerprint density at radius 1 is 0.487 bits per heavy atom. The number of ether oxygens (including phenoxy) is 8. The monoisotopic (exact) mass is 2360 g/mol. The fourth-order valence-electron chi connectivity index (χ4n) is 15.6. The summed E-state index contributed by atoms with van der Waals surface area (Å²) in [7, 11) is 2.49. The second kappa shape index (κ2) is 66.1. The van der Waals surface area contributed by atoms with E-state index in [-0.39, 0.29) is 61.3 Å². The van der Waals surface area contributed by atoms with Crippen molar-refractivity contribution < 1.29 is 101 Å². The Hall–Kier alpha value is -7.58. The third-order valence-electron chi connectivity index (χ3n) is 25.4. The Morgan fingerprint density at radius 3 is 1.28 bits per heavy atom. The Morgan fingerprint density at radius 2 is 0.860 bits per heavy atom. The number of thiol groups is 2. The highest BCUT2D eigenvalue weighted by molar-refractivity contribution is 9.11. The molecule has 15 rings (SSSR count). The maximum absolute atomic E-state index is 12.3. The van der Waals surface area contributed by atoms with Crippen molar-refractivity contribution >= 4 is 180 Å². The number of aldehydes is 1. The average molecular weight is 2360 g/mol. The highest BCUT2D eigenvalue weighted by Crippen LogP contribution is 2.44. The van der Waals surface area contributed by atoms with Gasteiger partial charge in [0.15, 0.2) is 35.1 Å². The van der Waals surface area contributed by atoms with E-state index < -0.39 is 22.7 Å². The summed E-state index contributed by atoms with van der Waals surface area (Å²) in [5.41, 5.74) is 9.74. The molecule has 150 heavy (non-hydrogen) atoms. The van der Waals surface area contributed by atoms with Gasteiger partial charge in [0.05, 0.1) is 28.5 Å². The first-order valence-electron chi connectivity index (χ1n) is 50.0. The number of allylic oxidation sites excluding steroid dienone is 3. The van der Waals surface area contributed by atoms with Gasteiger partial charge in [0.2, 0.25) is 0 Å². The van der Waals surface area contributed by atoms with Crippen LogP contribution in [-0.2, 0) is 98.6 Å². The summed E-state index contributed by atoms with van der Waals surface area (Å²) in [6.07, 6.45) is 22.0. The Balaban J connectivity index is 0.000000220. The van der Waals surface area contributed by atoms with E-state index in [4.69, 9.17) is 75.7 Å². The molecule has 0 atom stereocenters. The maximum atomic E-state index is 12.3. The van der Waals surface area contributed by atoms with Crippen molar-refractivity contribution in [3.8, 4) is 23.3 Å². The summed E-state index contributed by atoms with van der Waals surface area (Å²) >= 11 is 23.9. The number of fused-ring (bicyclic) bond motifs is 3. The van der Waals surface area contributed by atoms with Crippen LogP contribution in [0.5, 0.6) is 17.2 Å². The first kappa shape index (κ1) is 128. The standard InChI is InChI=1S/C30H34O3S.C28H27BrO2S.C19H31BO4S.C12H17BO2S.C11H8BrF3O4S.C7H15BrO2.C6H7BO2S.C2H3N/c1-31-30(32-2)13-6-7-20-34-27-17-14-24(15-18-27)28-12-8-11-25-21-26(16-19-29(25)28)33-22-23-9-4-3-5-10-23;29-27-16-11-23-19-24(31-20-21-7-3-1-4-8-21)12-15-26(23)28(27)22-9-13-25(14-10-22)32-18-6-2-5-17-30;1-18(2)19(3,4)24-20(23-18)15-10-12-16(13-11-15)25-14-8-7-9-17(21-5)22-6;1-11(2)12(3,4)15-13(14-11)9-5-7-10(16)8-6-9;12-18-8-4-5-9-7(6-8)2-1-3-10(9)19-20(16,17)11(13,14)15;1-9-7(10-2)5-3-4-6-8;8-7(9)5-1-3-6(10)4-2-5;1-2-3/h3-5,9-10,12,14-19,21,30H,6-8,11,13,20,22H2,1-2H3;1,3-4,7-10,12-15,17,19H,2,5-6,11,16,18,20H2;10-13,17H,7-9,14H2,1-6H3;5-8,16H,1-4H3;3-6H,1-2H2;7H,3-6H2,1-2H3;1-4,8-10H;1H3. The van der Waals surface area contributed by atoms with Crippen molar-refractivity contribution in [2.24, 2.45) is 0 Å². The van der Waals surface area contributed by atoms with Crippen LogP contribution in [0.3, 0.4) is 0 Å². The van der Waals surface area contributed by atoms with Crippen LogP contribution in [0.25, 0.3) is 16.9 Å². The molecule has 2 N–H and O–H groups in total. The lowest BCUT2D eigenvalue weighted by molar-refractivity contribution is -0.108. The zero-order valence-corrected chi connectivity index (χ0v) is 98.1. The van der Waals surface area contributed by atoms with Crippen molar-refractivity contribution in [3.63, 3.8) is 0 Å². The number of alkyl halides is 4. The predicted molar refractivity (Wildman–Crippen MR) is 622 cm³/mol. The zero-order chi connectivity index (χ0) is 109. The van der Waals surface area contributed by atoms with Crippen LogP contribution < -0.4 is 29.7 Å². The first-order valence-corrected chi connectivity index (χ1v) is 57.8. The predicted octanol–water partition coefficient (Wildman–Crippen LogP) is 27.4. The molecule has 10 aromatic carbocycles. The third kappa shape index (κ3) is 42.2. The van der Waals surface area contributed by atoms with E-state index in [0.717, 1.165) is 151 Å². The molecule has 35 heteroatoms. The number of benzene rings is 10. The second-order valence-corrected chi connectivity index (χ2v) is 45.4. The summed E-state index contributed by atoms with van der Waals surface area (Å²) in [5.74, 6) is 5.26. The van der Waals surface area contributed by atoms with Crippen LogP contribution in [0.4, 0.5) is 13.2 Å². The average Bonchev–Trinajstić information content (AvgIpc) is 1.60. The molecule has 5 aliphatic rings. The molecule has 2 aliphatic heterocycles. The fraction of sp³-hybridized carbons (Fsp3) is 0.409. The van der Waals surface area contributed by atoms with E-state index in [1.165, 1.54) is 106 Å². The summed E-state index contributed by atoms with van der Waals surface area (Å²) in [6.45, 7) is 19.1. The van der Waals surface area contributed by atoms with Crippen molar-refractivity contribution in [3.05, 3.63) is 309 Å². The van der Waals surface area contributed by atoms with E-state index in [0.29, 0.717) is 54.8 Å². The van der Waals surface area contributed by atoms with Crippen LogP contribution in [0, 0.1) is 11.3 Å². The molecule has 2 heterocycles. The number of hydrogen-bond acceptors (Lipinski definition) is 25. The van der Waals surface area contributed by atoms with Crippen molar-refractivity contribution in [1.82, 2.24) is 0 Å². The number of methoxy groups -OCH3 is 6. The SMILES string of the molecule is CC#N.CC1(C)OB(c2ccc(S)cc2)OC1(C)C.COC(CCCCBr)OC.COC(CCCCSc1ccc(B2OC(C)(C)C(C)(C)O2)cc1)OC.COC(CCCCSc1ccc(C2=CCCc3cc(OCc4ccccc4)ccc32)cc1)OC.O=CCCCCSc1ccc(C2=C(Br)CCc3cc(OCc4ccccc4)ccc32)cc1.O=S(=O)(OC1=CCCc2cc(OBr)ccc21)C(F)(F)F.OB(O)c1ccc(S)cc1. The number of halogens is 6. The smallest absolute Gasteiger partial charge is 0.489 e. The highest BCUT2D eigenvalue weighted by Gasteiger charge is 2.53. The molecule has 2 saturated heterocycles. The van der Waals surface area contributed by atoms with Gasteiger partial charge in [-0.1, -0.05) is 171 Å².